The molecule has 2 atom stereocenters. The van der Waals surface area contributed by atoms with Gasteiger partial charge in [-0.2, -0.15) is 4.31 Å². The van der Waals surface area contributed by atoms with Crippen LogP contribution in [0.25, 0.3) is 0 Å². The van der Waals surface area contributed by atoms with Gasteiger partial charge in [0.15, 0.2) is 0 Å². The zero-order valence-corrected chi connectivity index (χ0v) is 23.8. The maximum absolute atomic E-state index is 13.7. The van der Waals surface area contributed by atoms with E-state index < -0.39 is 38.9 Å². The quantitative estimate of drug-likeness (QED) is 0.370. The number of anilines is 1. The second kappa shape index (κ2) is 11.9. The van der Waals surface area contributed by atoms with Crippen LogP contribution in [0.2, 0.25) is 5.02 Å². The van der Waals surface area contributed by atoms with Gasteiger partial charge in [-0.15, -0.1) is 0 Å². The molecule has 0 bridgehead atoms. The molecule has 220 valence electrons. The summed E-state index contributed by atoms with van der Waals surface area (Å²) in [4.78, 5) is 40.3. The third kappa shape index (κ3) is 5.76. The number of likely N-dealkylation sites (tertiary alicyclic amines) is 1. The van der Waals surface area contributed by atoms with Crippen molar-refractivity contribution in [1.82, 2.24) is 9.21 Å². The average Bonchev–Trinajstić information content (AvgIpc) is 3.42. The van der Waals surface area contributed by atoms with Crippen molar-refractivity contribution < 1.29 is 32.8 Å². The van der Waals surface area contributed by atoms with Crippen LogP contribution in [-0.4, -0.2) is 85.0 Å². The molecule has 41 heavy (non-hydrogen) atoms. The number of nitro benzene ring substituents is 1. The highest BCUT2D eigenvalue weighted by Crippen LogP contribution is 2.42. The molecule has 0 unspecified atom stereocenters. The number of carbonyl (C=O) groups is 2. The van der Waals surface area contributed by atoms with E-state index in [0.717, 1.165) is 6.07 Å². The lowest BCUT2D eigenvalue weighted by molar-refractivity contribution is -0.384. The SMILES string of the molecule is O=C(O)[C@@H]1CC[C@H](c2ccccc2Cl)N1C(=O)C1CCN(c2ccc(S(=O)(=O)N3CCOCC3)cc2[N+](=O)[O-])CC1. The molecule has 14 heteroatoms. The molecule has 2 aromatic rings. The summed E-state index contributed by atoms with van der Waals surface area (Å²) in [5, 5.41) is 22.3. The fraction of sp³-hybridized carbons (Fsp3) is 0.481. The summed E-state index contributed by atoms with van der Waals surface area (Å²) in [7, 11) is -3.92. The number of carbonyl (C=O) groups excluding carboxylic acids is 1. The third-order valence-electron chi connectivity index (χ3n) is 8.13. The largest absolute Gasteiger partial charge is 0.480 e. The van der Waals surface area contributed by atoms with Gasteiger partial charge in [0.05, 0.1) is 29.1 Å². The molecule has 2 aromatic carbocycles. The normalized spacial score (nSPS) is 22.6. The predicted molar refractivity (Wildman–Crippen MR) is 149 cm³/mol. The number of nitrogens with zero attached hydrogens (tertiary/aromatic N) is 4. The Balaban J connectivity index is 1.33. The number of halogens is 1. The Morgan fingerprint density at radius 3 is 2.32 bits per heavy atom. The minimum absolute atomic E-state index is 0.153. The fourth-order valence-corrected chi connectivity index (χ4v) is 7.69. The van der Waals surface area contributed by atoms with Crippen molar-refractivity contribution in [2.75, 3.05) is 44.3 Å². The number of rotatable bonds is 7. The van der Waals surface area contributed by atoms with E-state index in [1.807, 2.05) is 6.07 Å². The van der Waals surface area contributed by atoms with Crippen molar-refractivity contribution in [3.8, 4) is 0 Å². The van der Waals surface area contributed by atoms with E-state index >= 15 is 0 Å². The number of sulfonamides is 1. The first-order chi connectivity index (χ1) is 19.6. The first-order valence-electron chi connectivity index (χ1n) is 13.5. The Morgan fingerprint density at radius 1 is 1.00 bits per heavy atom. The monoisotopic (exact) mass is 606 g/mol. The van der Waals surface area contributed by atoms with Gasteiger partial charge in [0, 0.05) is 43.2 Å². The first kappa shape index (κ1) is 29.2. The fourth-order valence-electron chi connectivity index (χ4n) is 6.00. The highest BCUT2D eigenvalue weighted by Gasteiger charge is 2.45. The highest BCUT2D eigenvalue weighted by atomic mass is 35.5. The Kier molecular flexibility index (Phi) is 8.50. The van der Waals surface area contributed by atoms with E-state index in [-0.39, 0.29) is 48.5 Å². The van der Waals surface area contributed by atoms with E-state index in [4.69, 9.17) is 16.3 Å². The van der Waals surface area contributed by atoms with Crippen LogP contribution in [-0.2, 0) is 24.3 Å². The van der Waals surface area contributed by atoms with Crippen molar-refractivity contribution >= 4 is 44.9 Å². The van der Waals surface area contributed by atoms with Crippen LogP contribution in [0, 0.1) is 16.0 Å². The number of carboxylic acids is 1. The summed E-state index contributed by atoms with van der Waals surface area (Å²) in [6.07, 6.45) is 1.53. The van der Waals surface area contributed by atoms with Gasteiger partial charge in [0.1, 0.15) is 11.7 Å². The molecule has 0 aliphatic carbocycles. The molecule has 12 nitrogen and oxygen atoms in total. The average molecular weight is 607 g/mol. The summed E-state index contributed by atoms with van der Waals surface area (Å²) in [6, 6.07) is 9.62. The molecule has 3 heterocycles. The topological polar surface area (TPSA) is 151 Å². The van der Waals surface area contributed by atoms with Crippen molar-refractivity contribution in [3.63, 3.8) is 0 Å². The smallest absolute Gasteiger partial charge is 0.326 e. The molecule has 3 aliphatic rings. The summed E-state index contributed by atoms with van der Waals surface area (Å²) in [5.74, 6) is -1.79. The second-order valence-electron chi connectivity index (χ2n) is 10.4. The molecular weight excluding hydrogens is 576 g/mol. The molecule has 0 radical (unpaired) electrons. The molecule has 0 spiro atoms. The van der Waals surface area contributed by atoms with Crippen LogP contribution < -0.4 is 4.90 Å². The lowest BCUT2D eigenvalue weighted by Gasteiger charge is -2.37. The Morgan fingerprint density at radius 2 is 1.68 bits per heavy atom. The van der Waals surface area contributed by atoms with Crippen molar-refractivity contribution in [2.24, 2.45) is 5.92 Å². The van der Waals surface area contributed by atoms with Gasteiger partial charge in [-0.25, -0.2) is 13.2 Å². The summed E-state index contributed by atoms with van der Waals surface area (Å²) >= 11 is 6.41. The van der Waals surface area contributed by atoms with Crippen molar-refractivity contribution in [1.29, 1.82) is 0 Å². The number of aliphatic carboxylic acids is 1. The Bertz CT molecular complexity index is 1440. The standard InChI is InChI=1S/C27H31ClN4O8S/c28-21-4-2-1-3-20(21)22-7-8-24(27(34)35)31(22)26(33)18-9-11-29(12-10-18)23-6-5-19(17-25(23)32(36)37)41(38,39)30-13-15-40-16-14-30/h1-6,17-18,22,24H,7-16H2,(H,34,35)/t22-,24+/m1/s1. The molecule has 3 saturated heterocycles. The number of amides is 1. The highest BCUT2D eigenvalue weighted by molar-refractivity contribution is 7.89. The van der Waals surface area contributed by atoms with Crippen molar-refractivity contribution in [3.05, 3.63) is 63.2 Å². The molecule has 1 N–H and O–H groups in total. The summed E-state index contributed by atoms with van der Waals surface area (Å²) in [6.45, 7) is 1.50. The zero-order valence-electron chi connectivity index (χ0n) is 22.2. The molecular formula is C27H31ClN4O8S. The predicted octanol–water partition coefficient (Wildman–Crippen LogP) is 3.30. The third-order valence-corrected chi connectivity index (χ3v) is 10.4. The molecule has 1 amide bonds. The number of ether oxygens (including phenoxy) is 1. The van der Waals surface area contributed by atoms with Gasteiger partial charge in [-0.1, -0.05) is 29.8 Å². The molecule has 3 fully saturated rings. The maximum atomic E-state index is 13.7. The maximum Gasteiger partial charge on any atom is 0.326 e. The number of hydrogen-bond donors (Lipinski definition) is 1. The van der Waals surface area contributed by atoms with Gasteiger partial charge in [0.25, 0.3) is 5.69 Å². The lowest BCUT2D eigenvalue weighted by Crippen LogP contribution is -2.47. The number of carboxylic acid groups (broad SMARTS) is 1. The van der Waals surface area contributed by atoms with Gasteiger partial charge >= 0.3 is 5.97 Å². The van der Waals surface area contributed by atoms with E-state index in [1.54, 1.807) is 23.1 Å². The first-order valence-corrected chi connectivity index (χ1v) is 15.3. The molecule has 3 aliphatic heterocycles. The second-order valence-corrected chi connectivity index (χ2v) is 12.7. The number of hydrogen-bond acceptors (Lipinski definition) is 8. The molecule has 0 saturated carbocycles. The minimum Gasteiger partial charge on any atom is -0.480 e. The van der Waals surface area contributed by atoms with Crippen LogP contribution in [0.1, 0.15) is 37.3 Å². The van der Waals surface area contributed by atoms with Gasteiger partial charge in [-0.05, 0) is 49.4 Å². The van der Waals surface area contributed by atoms with Gasteiger partial charge < -0.3 is 19.6 Å². The van der Waals surface area contributed by atoms with Crippen molar-refractivity contribution in [2.45, 2.75) is 42.7 Å². The van der Waals surface area contributed by atoms with E-state index in [1.165, 1.54) is 21.3 Å². The van der Waals surface area contributed by atoms with Crippen LogP contribution in [0.15, 0.2) is 47.4 Å². The van der Waals surface area contributed by atoms with Crippen LogP contribution in [0.5, 0.6) is 0 Å². The number of benzene rings is 2. The molecule has 5 rings (SSSR count). The van der Waals surface area contributed by atoms with E-state index in [9.17, 15) is 33.2 Å². The number of morpholine rings is 1. The zero-order chi connectivity index (χ0) is 29.3. The van der Waals surface area contributed by atoms with Crippen LogP contribution >= 0.6 is 11.6 Å². The minimum atomic E-state index is -3.92. The van der Waals surface area contributed by atoms with Gasteiger partial charge in [-0.3, -0.25) is 14.9 Å². The van der Waals surface area contributed by atoms with E-state index in [0.29, 0.717) is 49.4 Å². The lowest BCUT2D eigenvalue weighted by atomic mass is 9.93. The summed E-state index contributed by atoms with van der Waals surface area (Å²) < 4.78 is 32.6. The number of nitro groups is 1. The Labute approximate surface area is 242 Å². The van der Waals surface area contributed by atoms with Gasteiger partial charge in [0.2, 0.25) is 15.9 Å². The van der Waals surface area contributed by atoms with E-state index in [2.05, 4.69) is 0 Å². The Hall–Kier alpha value is -3.26. The van der Waals surface area contributed by atoms with Crippen LogP contribution in [0.4, 0.5) is 11.4 Å². The molecule has 0 aromatic heterocycles. The van der Waals surface area contributed by atoms with Crippen LogP contribution in [0.3, 0.4) is 0 Å². The number of piperidine rings is 1. The summed E-state index contributed by atoms with van der Waals surface area (Å²) in [5.41, 5.74) is 0.667.